The zero-order chi connectivity index (χ0) is 17.0. The molecule has 2 aliphatic rings. The third-order valence-electron chi connectivity index (χ3n) is 4.59. The molecule has 23 heavy (non-hydrogen) atoms. The second kappa shape index (κ2) is 7.63. The molecule has 8 heteroatoms. The third-order valence-corrected chi connectivity index (χ3v) is 5.52. The molecule has 0 bridgehead atoms. The minimum Gasteiger partial charge on any atom is -0.374 e. The highest BCUT2D eigenvalue weighted by Gasteiger charge is 2.30. The second-order valence-electron chi connectivity index (χ2n) is 6.63. The van der Waals surface area contributed by atoms with Crippen molar-refractivity contribution in [1.82, 2.24) is 10.2 Å². The van der Waals surface area contributed by atoms with E-state index in [1.165, 1.54) is 0 Å². The van der Waals surface area contributed by atoms with Crippen LogP contribution in [0.2, 0.25) is 0 Å². The van der Waals surface area contributed by atoms with E-state index in [0.717, 1.165) is 12.0 Å². The summed E-state index contributed by atoms with van der Waals surface area (Å²) in [5, 5.41) is 8.04. The Balaban J connectivity index is 1.74. The fraction of sp³-hybridized carbons (Fsp3) is 0.800. The van der Waals surface area contributed by atoms with E-state index in [0.29, 0.717) is 39.1 Å². The number of carbonyl (C=O) groups is 1. The Labute approximate surface area is 138 Å². The molecule has 2 fully saturated rings. The van der Waals surface area contributed by atoms with Gasteiger partial charge in [-0.25, -0.2) is 18.4 Å². The van der Waals surface area contributed by atoms with E-state index in [4.69, 9.17) is 9.88 Å². The maximum absolute atomic E-state index is 12.2. The molecule has 2 atom stereocenters. The van der Waals surface area contributed by atoms with Crippen LogP contribution in [0.15, 0.2) is 12.2 Å². The lowest BCUT2D eigenvalue weighted by Gasteiger charge is -2.32. The Morgan fingerprint density at radius 2 is 2.00 bits per heavy atom. The van der Waals surface area contributed by atoms with E-state index in [9.17, 15) is 13.2 Å². The van der Waals surface area contributed by atoms with Crippen LogP contribution in [-0.4, -0.2) is 57.4 Å². The number of urea groups is 1. The molecule has 3 N–H and O–H groups in total. The van der Waals surface area contributed by atoms with Gasteiger partial charge < -0.3 is 15.0 Å². The lowest BCUT2D eigenvalue weighted by atomic mass is 9.97. The smallest absolute Gasteiger partial charge is 0.317 e. The number of carbonyl (C=O) groups excluding carboxylic acids is 1. The lowest BCUT2D eigenvalue weighted by molar-refractivity contribution is 0.118. The number of amides is 2. The quantitative estimate of drug-likeness (QED) is 0.715. The molecule has 0 aromatic carbocycles. The van der Waals surface area contributed by atoms with Crippen molar-refractivity contribution >= 4 is 16.1 Å². The zero-order valence-electron chi connectivity index (χ0n) is 13.7. The number of sulfonamides is 1. The molecule has 0 radical (unpaired) electrons. The molecule has 2 aliphatic heterocycles. The molecule has 7 nitrogen and oxygen atoms in total. The average molecular weight is 345 g/mol. The standard InChI is InChI=1S/C15H27N3O4S/c1-11(2)14-13(5-8-22-14)9-17-15(19)18-6-3-12(4-7-18)10-23(16,20)21/h12-14H,1,3-10H2,2H3,(H,17,19)(H2,16,20,21)/t13-,14-/m0/s1. The van der Waals surface area contributed by atoms with Crippen LogP contribution in [0, 0.1) is 11.8 Å². The molecule has 0 aromatic rings. The molecule has 0 spiro atoms. The Morgan fingerprint density at radius 1 is 1.35 bits per heavy atom. The molecular weight excluding hydrogens is 318 g/mol. The van der Waals surface area contributed by atoms with Crippen molar-refractivity contribution in [3.63, 3.8) is 0 Å². The number of piperidine rings is 1. The van der Waals surface area contributed by atoms with Gasteiger partial charge in [0.15, 0.2) is 0 Å². The topological polar surface area (TPSA) is 102 Å². The molecule has 2 heterocycles. The van der Waals surface area contributed by atoms with Crippen LogP contribution in [0.1, 0.15) is 26.2 Å². The number of rotatable bonds is 5. The summed E-state index contributed by atoms with van der Waals surface area (Å²) < 4.78 is 27.9. The monoisotopic (exact) mass is 345 g/mol. The molecule has 0 aromatic heterocycles. The van der Waals surface area contributed by atoms with Crippen LogP contribution in [0.3, 0.4) is 0 Å². The van der Waals surface area contributed by atoms with Crippen molar-refractivity contribution in [2.45, 2.75) is 32.3 Å². The number of nitrogens with zero attached hydrogens (tertiary/aromatic N) is 1. The van der Waals surface area contributed by atoms with Gasteiger partial charge in [-0.05, 0) is 32.1 Å². The predicted molar refractivity (Wildman–Crippen MR) is 88.3 cm³/mol. The average Bonchev–Trinajstić information content (AvgIpc) is 2.92. The van der Waals surface area contributed by atoms with Gasteiger partial charge >= 0.3 is 6.03 Å². The molecule has 2 rings (SSSR count). The summed E-state index contributed by atoms with van der Waals surface area (Å²) in [4.78, 5) is 14.0. The maximum atomic E-state index is 12.2. The first-order valence-electron chi connectivity index (χ1n) is 8.06. The Hall–Kier alpha value is -1.12. The van der Waals surface area contributed by atoms with Crippen LogP contribution in [-0.2, 0) is 14.8 Å². The van der Waals surface area contributed by atoms with Gasteiger partial charge in [-0.15, -0.1) is 0 Å². The first-order valence-corrected chi connectivity index (χ1v) is 9.78. The van der Waals surface area contributed by atoms with E-state index in [2.05, 4.69) is 11.9 Å². The van der Waals surface area contributed by atoms with Crippen LogP contribution in [0.5, 0.6) is 0 Å². The number of primary sulfonamides is 1. The highest BCUT2D eigenvalue weighted by Crippen LogP contribution is 2.25. The predicted octanol–water partition coefficient (Wildman–Crippen LogP) is 0.678. The van der Waals surface area contributed by atoms with Crippen molar-refractivity contribution in [1.29, 1.82) is 0 Å². The Morgan fingerprint density at radius 3 is 2.57 bits per heavy atom. The number of hydrogen-bond acceptors (Lipinski definition) is 4. The summed E-state index contributed by atoms with van der Waals surface area (Å²) in [5.74, 6) is 0.323. The minimum absolute atomic E-state index is 0.00215. The lowest BCUT2D eigenvalue weighted by Crippen LogP contribution is -2.47. The van der Waals surface area contributed by atoms with Gasteiger partial charge in [0.2, 0.25) is 10.0 Å². The van der Waals surface area contributed by atoms with Crippen LogP contribution < -0.4 is 10.5 Å². The van der Waals surface area contributed by atoms with E-state index < -0.39 is 10.0 Å². The molecule has 132 valence electrons. The van der Waals surface area contributed by atoms with Gasteiger partial charge in [-0.3, -0.25) is 0 Å². The number of nitrogens with one attached hydrogen (secondary N) is 1. The van der Waals surface area contributed by atoms with Gasteiger partial charge in [0, 0.05) is 32.2 Å². The van der Waals surface area contributed by atoms with Gasteiger partial charge in [0.1, 0.15) is 0 Å². The van der Waals surface area contributed by atoms with Gasteiger partial charge in [0.05, 0.1) is 11.9 Å². The molecule has 0 unspecified atom stereocenters. The summed E-state index contributed by atoms with van der Waals surface area (Å²) in [6.07, 6.45) is 2.29. The van der Waals surface area contributed by atoms with E-state index in [1.54, 1.807) is 4.90 Å². The summed E-state index contributed by atoms with van der Waals surface area (Å²) in [6.45, 7) is 8.30. The zero-order valence-corrected chi connectivity index (χ0v) is 14.5. The van der Waals surface area contributed by atoms with Crippen molar-refractivity contribution in [2.75, 3.05) is 32.0 Å². The summed E-state index contributed by atoms with van der Waals surface area (Å²) in [6, 6.07) is -0.0913. The van der Waals surface area contributed by atoms with Gasteiger partial charge in [0.25, 0.3) is 0 Å². The number of likely N-dealkylation sites (tertiary alicyclic amines) is 1. The number of ether oxygens (including phenoxy) is 1. The van der Waals surface area contributed by atoms with Gasteiger partial charge in [-0.1, -0.05) is 12.2 Å². The molecular formula is C15H27N3O4S. The summed E-state index contributed by atoms with van der Waals surface area (Å²) in [7, 11) is -3.44. The van der Waals surface area contributed by atoms with Crippen LogP contribution >= 0.6 is 0 Å². The fourth-order valence-electron chi connectivity index (χ4n) is 3.35. The Kier molecular flexibility index (Phi) is 6.05. The second-order valence-corrected chi connectivity index (χ2v) is 8.29. The van der Waals surface area contributed by atoms with Crippen molar-refractivity contribution in [3.05, 3.63) is 12.2 Å². The largest absolute Gasteiger partial charge is 0.374 e. The first kappa shape index (κ1) is 18.2. The van der Waals surface area contributed by atoms with Crippen molar-refractivity contribution in [3.8, 4) is 0 Å². The number of hydrogen-bond donors (Lipinski definition) is 2. The van der Waals surface area contributed by atoms with E-state index >= 15 is 0 Å². The van der Waals surface area contributed by atoms with Crippen LogP contribution in [0.4, 0.5) is 4.79 Å². The fourth-order valence-corrected chi connectivity index (χ4v) is 4.34. The van der Waals surface area contributed by atoms with E-state index in [-0.39, 0.29) is 29.7 Å². The summed E-state index contributed by atoms with van der Waals surface area (Å²) >= 11 is 0. The molecule has 0 aliphatic carbocycles. The van der Waals surface area contributed by atoms with E-state index in [1.807, 2.05) is 6.92 Å². The SMILES string of the molecule is C=C(C)[C@@H]1OCC[C@H]1CNC(=O)N1CCC(CS(N)(=O)=O)CC1. The maximum Gasteiger partial charge on any atom is 0.317 e. The van der Waals surface area contributed by atoms with Gasteiger partial charge in [-0.2, -0.15) is 0 Å². The molecule has 2 amide bonds. The normalized spacial score (nSPS) is 26.3. The number of nitrogens with two attached hydrogens (primary N) is 1. The van der Waals surface area contributed by atoms with Crippen molar-refractivity contribution in [2.24, 2.45) is 17.0 Å². The highest BCUT2D eigenvalue weighted by molar-refractivity contribution is 7.89. The third kappa shape index (κ3) is 5.47. The summed E-state index contributed by atoms with van der Waals surface area (Å²) in [5.41, 5.74) is 0.991. The van der Waals surface area contributed by atoms with Crippen LogP contribution in [0.25, 0.3) is 0 Å². The molecule has 0 saturated carbocycles. The minimum atomic E-state index is -3.44. The highest BCUT2D eigenvalue weighted by atomic mass is 32.2. The van der Waals surface area contributed by atoms with Crippen molar-refractivity contribution < 1.29 is 17.9 Å². The Bertz CT molecular complexity index is 541. The first-order chi connectivity index (χ1) is 10.8. The molecule has 2 saturated heterocycles.